The molecule has 1 aliphatic rings. The summed E-state index contributed by atoms with van der Waals surface area (Å²) in [5.74, 6) is -0.768. The number of allylic oxidation sites excluding steroid dienone is 3. The Kier molecular flexibility index (Phi) is 4.26. The van der Waals surface area contributed by atoms with Crippen LogP contribution in [0, 0.1) is 5.92 Å². The van der Waals surface area contributed by atoms with Crippen molar-refractivity contribution in [1.82, 2.24) is 0 Å². The van der Waals surface area contributed by atoms with E-state index in [1.807, 2.05) is 6.92 Å². The number of hydrogen-bond acceptors (Lipinski definition) is 2. The van der Waals surface area contributed by atoms with E-state index in [0.717, 1.165) is 36.8 Å². The molecule has 126 valence electrons. The van der Waals surface area contributed by atoms with E-state index < -0.39 is 19.2 Å². The van der Waals surface area contributed by atoms with Crippen molar-refractivity contribution in [2.45, 2.75) is 65.1 Å². The van der Waals surface area contributed by atoms with Crippen LogP contribution >= 0.6 is 0 Å². The van der Waals surface area contributed by atoms with Gasteiger partial charge in [-0.2, -0.15) is 0 Å². The summed E-state index contributed by atoms with van der Waals surface area (Å²) in [7, 11) is 0. The lowest BCUT2D eigenvalue weighted by atomic mass is 9.73. The van der Waals surface area contributed by atoms with Gasteiger partial charge in [-0.25, -0.2) is 0 Å². The van der Waals surface area contributed by atoms with E-state index in [0.29, 0.717) is 12.0 Å². The van der Waals surface area contributed by atoms with Gasteiger partial charge < -0.3 is 10.2 Å². The molecule has 0 heterocycles. The maximum atomic E-state index is 10.6. The van der Waals surface area contributed by atoms with Gasteiger partial charge in [0.25, 0.3) is 0 Å². The third-order valence-corrected chi connectivity index (χ3v) is 4.62. The number of aryl methyl sites for hydroxylation is 1. The molecule has 0 radical (unpaired) electrons. The normalized spacial score (nSPS) is 27.4. The number of unbranched alkanes of at least 4 members (excludes halogenated alkanes) is 2. The second-order valence-electron chi connectivity index (χ2n) is 6.55. The van der Waals surface area contributed by atoms with Crippen LogP contribution < -0.4 is 0 Å². The quantitative estimate of drug-likeness (QED) is 0.510. The highest BCUT2D eigenvalue weighted by molar-refractivity contribution is 5.51. The lowest BCUT2D eigenvalue weighted by Gasteiger charge is -2.31. The molecule has 2 N–H and O–H groups in total. The van der Waals surface area contributed by atoms with Crippen molar-refractivity contribution >= 4 is 0 Å². The molecule has 2 rings (SSSR count). The Morgan fingerprint density at radius 3 is 2.61 bits per heavy atom. The molecule has 2 heteroatoms. The van der Waals surface area contributed by atoms with E-state index in [2.05, 4.69) is 13.5 Å². The van der Waals surface area contributed by atoms with Gasteiger partial charge in [0, 0.05) is 17.0 Å². The first-order chi connectivity index (χ1) is 12.6. The number of phenolic OH excluding ortho intramolecular Hbond substituents is 2. The molecule has 0 saturated carbocycles. The highest BCUT2D eigenvalue weighted by atomic mass is 16.3. The van der Waals surface area contributed by atoms with Gasteiger partial charge >= 0.3 is 0 Å². The molecule has 0 aromatic heterocycles. The maximum Gasteiger partial charge on any atom is 0.123 e. The second-order valence-corrected chi connectivity index (χ2v) is 6.55. The minimum Gasteiger partial charge on any atom is -0.507 e. The van der Waals surface area contributed by atoms with Crippen LogP contribution in [0.1, 0.15) is 75.3 Å². The van der Waals surface area contributed by atoms with Crippen LogP contribution in [0.5, 0.6) is 11.5 Å². The lowest BCUT2D eigenvalue weighted by molar-refractivity contribution is 0.406. The van der Waals surface area contributed by atoms with Crippen LogP contribution in [0.4, 0.5) is 0 Å². The summed E-state index contributed by atoms with van der Waals surface area (Å²) in [5, 5.41) is 21.3. The average molecular weight is 318 g/mol. The lowest BCUT2D eigenvalue weighted by Crippen LogP contribution is -2.17. The van der Waals surface area contributed by atoms with Gasteiger partial charge in [-0.3, -0.25) is 0 Å². The van der Waals surface area contributed by atoms with E-state index in [4.69, 9.17) is 5.48 Å². The molecular weight excluding hydrogens is 284 g/mol. The Labute approximate surface area is 146 Å². The Morgan fingerprint density at radius 1 is 1.35 bits per heavy atom. The van der Waals surface area contributed by atoms with Gasteiger partial charge in [-0.15, -0.1) is 0 Å². The zero-order valence-corrected chi connectivity index (χ0v) is 14.1. The number of hydrogen-bond donors (Lipinski definition) is 2. The standard InChI is InChI=1S/C21H30O2/c1-5-6-7-8-16-12-19(22)21(20(23)13-16)18-11-15(4)9-10-17(18)14(2)3/h11-13,17-18,22-23H,2,5-10H2,1,3-4H3/i4D3,9D. The van der Waals surface area contributed by atoms with E-state index in [-0.39, 0.29) is 23.0 Å². The molecule has 0 bridgehead atoms. The fourth-order valence-corrected chi connectivity index (χ4v) is 3.31. The molecule has 0 spiro atoms. The number of benzene rings is 1. The van der Waals surface area contributed by atoms with Crippen molar-refractivity contribution in [3.8, 4) is 11.5 Å². The van der Waals surface area contributed by atoms with Crippen LogP contribution in [0.3, 0.4) is 0 Å². The monoisotopic (exact) mass is 318 g/mol. The van der Waals surface area contributed by atoms with Crippen molar-refractivity contribution in [3.63, 3.8) is 0 Å². The molecule has 1 aromatic carbocycles. The summed E-state index contributed by atoms with van der Waals surface area (Å²) < 4.78 is 31.3. The largest absolute Gasteiger partial charge is 0.507 e. The first-order valence-electron chi connectivity index (χ1n) is 10.5. The zero-order valence-electron chi connectivity index (χ0n) is 18.1. The number of rotatable bonds is 6. The van der Waals surface area contributed by atoms with Gasteiger partial charge in [0.15, 0.2) is 0 Å². The van der Waals surface area contributed by atoms with Crippen molar-refractivity contribution < 1.29 is 15.7 Å². The molecule has 2 nitrogen and oxygen atoms in total. The van der Waals surface area contributed by atoms with Gasteiger partial charge in [-0.05, 0) is 63.0 Å². The molecule has 0 fully saturated rings. The van der Waals surface area contributed by atoms with Crippen molar-refractivity contribution in [2.75, 3.05) is 0 Å². The van der Waals surface area contributed by atoms with E-state index in [9.17, 15) is 10.2 Å². The predicted octanol–water partition coefficient (Wildman–Crippen LogP) is 5.85. The van der Waals surface area contributed by atoms with Crippen LogP contribution in [0.2, 0.25) is 0 Å². The zero-order chi connectivity index (χ0) is 20.4. The minimum atomic E-state index is -2.37. The second kappa shape index (κ2) is 7.72. The van der Waals surface area contributed by atoms with Crippen LogP contribution in [0.15, 0.2) is 35.9 Å². The fraction of sp³-hybridized carbons (Fsp3) is 0.524. The summed E-state index contributed by atoms with van der Waals surface area (Å²) in [4.78, 5) is 0. The molecule has 0 saturated heterocycles. The summed E-state index contributed by atoms with van der Waals surface area (Å²) in [6.07, 6.45) is 4.94. The van der Waals surface area contributed by atoms with E-state index in [1.165, 1.54) is 0 Å². The highest BCUT2D eigenvalue weighted by Gasteiger charge is 2.29. The molecule has 23 heavy (non-hydrogen) atoms. The van der Waals surface area contributed by atoms with Crippen molar-refractivity contribution in [2.24, 2.45) is 5.92 Å². The molecule has 3 unspecified atom stereocenters. The van der Waals surface area contributed by atoms with Gasteiger partial charge in [0.05, 0.1) is 0 Å². The van der Waals surface area contributed by atoms with Crippen LogP contribution in [0.25, 0.3) is 0 Å². The minimum absolute atomic E-state index is 0.0256. The Balaban J connectivity index is 2.48. The summed E-state index contributed by atoms with van der Waals surface area (Å²) in [6.45, 7) is 5.58. The van der Waals surface area contributed by atoms with E-state index >= 15 is 0 Å². The highest BCUT2D eigenvalue weighted by Crippen LogP contribution is 2.46. The third kappa shape index (κ3) is 4.19. The molecule has 3 atom stereocenters. The summed E-state index contributed by atoms with van der Waals surface area (Å²) in [5.41, 5.74) is 2.07. The molecule has 1 aromatic rings. The number of aromatic hydroxyl groups is 2. The molecule has 0 aliphatic heterocycles. The van der Waals surface area contributed by atoms with Gasteiger partial charge in [-0.1, -0.05) is 43.6 Å². The summed E-state index contributed by atoms with van der Waals surface area (Å²) >= 11 is 0. The predicted molar refractivity (Wildman–Crippen MR) is 97.0 cm³/mol. The third-order valence-electron chi connectivity index (χ3n) is 4.62. The number of phenols is 2. The smallest absolute Gasteiger partial charge is 0.123 e. The topological polar surface area (TPSA) is 40.5 Å². The Bertz CT molecular complexity index is 698. The van der Waals surface area contributed by atoms with Crippen molar-refractivity contribution in [1.29, 1.82) is 0 Å². The van der Waals surface area contributed by atoms with Crippen LogP contribution in [-0.4, -0.2) is 10.2 Å². The first kappa shape index (κ1) is 12.7. The fourth-order valence-electron chi connectivity index (χ4n) is 3.31. The van der Waals surface area contributed by atoms with Gasteiger partial charge in [0.2, 0.25) is 0 Å². The molecular formula is C21H30O2. The molecule has 1 aliphatic carbocycles. The maximum absolute atomic E-state index is 10.6. The van der Waals surface area contributed by atoms with Gasteiger partial charge in [0.1, 0.15) is 11.5 Å². The SMILES string of the molecule is [2H]C1CC(C(=C)C)C(c2c(O)cc(CCCCC)cc2O)C=C1C([2H])([2H])[2H]. The average Bonchev–Trinajstić information content (AvgIpc) is 2.54. The Morgan fingerprint density at radius 2 is 2.04 bits per heavy atom. The Hall–Kier alpha value is -1.70. The summed E-state index contributed by atoms with van der Waals surface area (Å²) in [6, 6.07) is 3.33. The van der Waals surface area contributed by atoms with Crippen LogP contribution in [-0.2, 0) is 6.42 Å². The molecule has 0 amide bonds. The first-order valence-corrected chi connectivity index (χ1v) is 8.40. The van der Waals surface area contributed by atoms with Crippen molar-refractivity contribution in [3.05, 3.63) is 47.1 Å². The van der Waals surface area contributed by atoms with E-state index in [1.54, 1.807) is 18.2 Å².